The maximum Gasteiger partial charge on any atom is 0.458 e. The van der Waals surface area contributed by atoms with Crippen LogP contribution >= 0.6 is 0 Å². The van der Waals surface area contributed by atoms with Gasteiger partial charge in [-0.2, -0.15) is 0 Å². The van der Waals surface area contributed by atoms with Crippen LogP contribution in [-0.2, 0) is 8.85 Å². The molecule has 0 bridgehead atoms. The lowest BCUT2D eigenvalue weighted by Crippen LogP contribution is -2.43. The van der Waals surface area contributed by atoms with Crippen molar-refractivity contribution < 1.29 is 8.85 Å². The van der Waals surface area contributed by atoms with Gasteiger partial charge in [-0.15, -0.1) is 10.2 Å². The highest BCUT2D eigenvalue weighted by Crippen LogP contribution is 2.33. The molecule has 0 saturated carbocycles. The second kappa shape index (κ2) is 18.3. The Labute approximate surface area is 355 Å². The molecule has 61 heavy (non-hydrogen) atoms. The monoisotopic (exact) mass is 816 g/mol. The molecule has 8 aromatic rings. The minimum atomic E-state index is -3.10. The minimum Gasteiger partial charge on any atom is -0.483 e. The minimum absolute atomic E-state index is 0.173. The zero-order valence-corrected chi connectivity index (χ0v) is 34.7. The van der Waals surface area contributed by atoms with Crippen LogP contribution in [0.4, 0.5) is 0 Å². The molecular formula is C50H44N8O2Si. The fourth-order valence-corrected chi connectivity index (χ4v) is 8.16. The molecule has 10 nitrogen and oxygen atoms in total. The lowest BCUT2D eigenvalue weighted by atomic mass is 10.0. The van der Waals surface area contributed by atoms with Gasteiger partial charge in [0.1, 0.15) is 0 Å². The van der Waals surface area contributed by atoms with Crippen LogP contribution in [0.15, 0.2) is 202 Å². The van der Waals surface area contributed by atoms with E-state index >= 15 is 0 Å². The van der Waals surface area contributed by atoms with Crippen molar-refractivity contribution in [1.29, 1.82) is 0 Å². The maximum atomic E-state index is 6.33. The van der Waals surface area contributed by atoms with E-state index in [1.165, 1.54) is 0 Å². The van der Waals surface area contributed by atoms with Crippen LogP contribution < -0.4 is 11.5 Å². The first-order valence-electron chi connectivity index (χ1n) is 19.8. The number of benzene rings is 6. The summed E-state index contributed by atoms with van der Waals surface area (Å²) in [6.45, 7) is 3.57. The predicted molar refractivity (Wildman–Crippen MR) is 254 cm³/mol. The lowest BCUT2D eigenvalue weighted by Gasteiger charge is -2.22. The number of rotatable bonds is 12. The third kappa shape index (κ3) is 9.65. The number of amidine groups is 2. The molecule has 0 aliphatic carbocycles. The molecule has 6 N–H and O–H groups in total. The molecule has 0 amide bonds. The molecule has 0 saturated heterocycles. The van der Waals surface area contributed by atoms with Gasteiger partial charge in [-0.3, -0.25) is 0 Å². The standard InChI is InChI=1S/C50H44N8O2Si/c1-61(2,59-49(51)57-55-43(35-19-7-3-8-20-35)33-31-41-39-27-15-17-29-45(39)53-47(41)37-23-11-5-12-24-37)60-50(52)58-56-44(36-21-9-4-10-22-36)34-32-42-40-28-16-18-30-46(40)54-48(42)38-25-13-6-14-26-38/h3-34,53-54H,1-2H3,(H2,51,57)(H2,52,58)/b33-31+,34-32+,55-43-,56-44+. The van der Waals surface area contributed by atoms with Gasteiger partial charge in [-0.1, -0.05) is 168 Å². The maximum absolute atomic E-state index is 6.33. The van der Waals surface area contributed by atoms with Gasteiger partial charge in [-0.05, 0) is 47.6 Å². The highest BCUT2D eigenvalue weighted by atomic mass is 28.4. The number of fused-ring (bicyclic) bond motifs is 2. The van der Waals surface area contributed by atoms with E-state index in [1.54, 1.807) is 13.1 Å². The molecule has 0 aliphatic heterocycles. The topological polar surface area (TPSA) is 152 Å². The Kier molecular flexibility index (Phi) is 11.9. The molecule has 2 heterocycles. The molecule has 2 aromatic heterocycles. The van der Waals surface area contributed by atoms with Crippen LogP contribution in [0.1, 0.15) is 22.3 Å². The molecule has 0 spiro atoms. The van der Waals surface area contributed by atoms with Crippen molar-refractivity contribution in [2.24, 2.45) is 31.9 Å². The lowest BCUT2D eigenvalue weighted by molar-refractivity contribution is 0.379. The van der Waals surface area contributed by atoms with Gasteiger partial charge in [0, 0.05) is 57.2 Å². The molecule has 0 radical (unpaired) electrons. The summed E-state index contributed by atoms with van der Waals surface area (Å²) in [4.78, 5) is 7.17. The number of nitrogens with zero attached hydrogens (tertiary/aromatic N) is 4. The van der Waals surface area contributed by atoms with Crippen molar-refractivity contribution in [2.75, 3.05) is 0 Å². The summed E-state index contributed by atoms with van der Waals surface area (Å²) in [5, 5.41) is 19.8. The average Bonchev–Trinajstić information content (AvgIpc) is 3.86. The summed E-state index contributed by atoms with van der Waals surface area (Å²) in [6.07, 6.45) is 7.94. The molecule has 300 valence electrons. The molecule has 11 heteroatoms. The normalized spacial score (nSPS) is 13.1. The van der Waals surface area contributed by atoms with Crippen LogP contribution in [0.5, 0.6) is 0 Å². The summed E-state index contributed by atoms with van der Waals surface area (Å²) in [7, 11) is -3.10. The first kappa shape index (κ1) is 39.8. The smallest absolute Gasteiger partial charge is 0.458 e. The number of nitrogens with two attached hydrogens (primary N) is 2. The predicted octanol–water partition coefficient (Wildman–Crippen LogP) is 10.9. The van der Waals surface area contributed by atoms with Crippen LogP contribution in [0.25, 0.3) is 56.5 Å². The van der Waals surface area contributed by atoms with Crippen LogP contribution in [0, 0.1) is 0 Å². The summed E-state index contributed by atoms with van der Waals surface area (Å²) >= 11 is 0. The third-order valence-corrected chi connectivity index (χ3v) is 11.2. The van der Waals surface area contributed by atoms with Gasteiger partial charge in [0.2, 0.25) is 0 Å². The summed E-state index contributed by atoms with van der Waals surface area (Å²) < 4.78 is 12.1. The van der Waals surface area contributed by atoms with Gasteiger partial charge < -0.3 is 30.3 Å². The van der Waals surface area contributed by atoms with E-state index < -0.39 is 8.56 Å². The highest BCUT2D eigenvalue weighted by molar-refractivity contribution is 6.67. The van der Waals surface area contributed by atoms with E-state index in [9.17, 15) is 0 Å². The van der Waals surface area contributed by atoms with Gasteiger partial charge in [0.25, 0.3) is 12.0 Å². The number of allylic oxidation sites excluding steroid dienone is 2. The van der Waals surface area contributed by atoms with Crippen molar-refractivity contribution in [3.8, 4) is 22.5 Å². The van der Waals surface area contributed by atoms with E-state index in [4.69, 9.17) is 20.3 Å². The molecule has 6 aromatic carbocycles. The Balaban J connectivity index is 1.04. The van der Waals surface area contributed by atoms with E-state index in [-0.39, 0.29) is 12.0 Å². The van der Waals surface area contributed by atoms with Gasteiger partial charge in [-0.25, -0.2) is 0 Å². The Hall–Kier alpha value is -8.02. The number of aromatic nitrogens is 2. The Bertz CT molecular complexity index is 2750. The van der Waals surface area contributed by atoms with Crippen molar-refractivity contribution in [1.82, 2.24) is 9.97 Å². The number of hydrogen-bond donors (Lipinski definition) is 4. The van der Waals surface area contributed by atoms with Crippen molar-refractivity contribution in [3.63, 3.8) is 0 Å². The third-order valence-electron chi connectivity index (χ3n) is 9.79. The molecule has 0 unspecified atom stereocenters. The van der Waals surface area contributed by atoms with Crippen LogP contribution in [0.3, 0.4) is 0 Å². The number of aromatic amines is 2. The Morgan fingerprint density at radius 2 is 0.803 bits per heavy atom. The van der Waals surface area contributed by atoms with Gasteiger partial charge in [0.15, 0.2) is 0 Å². The second-order valence-corrected chi connectivity index (χ2v) is 17.7. The highest BCUT2D eigenvalue weighted by Gasteiger charge is 2.31. The van der Waals surface area contributed by atoms with Crippen molar-refractivity contribution >= 4 is 66.0 Å². The second-order valence-electron chi connectivity index (χ2n) is 14.5. The number of para-hydroxylation sites is 2. The van der Waals surface area contributed by atoms with Crippen LogP contribution in [-0.4, -0.2) is 42.0 Å². The fraction of sp³-hybridized carbons (Fsp3) is 0.0400. The number of H-pyrrole nitrogens is 2. The first-order valence-corrected chi connectivity index (χ1v) is 22.6. The fourth-order valence-electron chi connectivity index (χ4n) is 7.03. The average molecular weight is 817 g/mol. The zero-order valence-electron chi connectivity index (χ0n) is 33.7. The van der Waals surface area contributed by atoms with Gasteiger partial charge in [0.05, 0.1) is 22.8 Å². The summed E-state index contributed by atoms with van der Waals surface area (Å²) in [5.74, 6) is 0. The van der Waals surface area contributed by atoms with E-state index in [0.29, 0.717) is 11.4 Å². The summed E-state index contributed by atoms with van der Waals surface area (Å²) in [6, 6.07) is 56.1. The molecule has 0 aliphatic rings. The van der Waals surface area contributed by atoms with E-state index in [0.717, 1.165) is 66.6 Å². The molecule has 0 atom stereocenters. The summed E-state index contributed by atoms with van der Waals surface area (Å²) in [5.41, 5.74) is 23.8. The zero-order chi connectivity index (χ0) is 42.0. The molecule has 8 rings (SSSR count). The molecular weight excluding hydrogens is 773 g/mol. The van der Waals surface area contributed by atoms with Crippen LogP contribution in [0.2, 0.25) is 13.1 Å². The van der Waals surface area contributed by atoms with Crippen molar-refractivity contribution in [3.05, 3.63) is 204 Å². The molecule has 0 fully saturated rings. The number of nitrogens with one attached hydrogen (secondary N) is 2. The quantitative estimate of drug-likeness (QED) is 0.0420. The van der Waals surface area contributed by atoms with Crippen molar-refractivity contribution in [2.45, 2.75) is 13.1 Å². The first-order chi connectivity index (χ1) is 29.8. The Morgan fingerprint density at radius 3 is 1.20 bits per heavy atom. The van der Waals surface area contributed by atoms with E-state index in [1.807, 2.05) is 146 Å². The largest absolute Gasteiger partial charge is 0.483 e. The SMILES string of the molecule is C[Si](C)(O/C(N)=N/N=C(/C=C/c1c(-c2ccccc2)[nH]c2ccccc12)c1ccccc1)O/C(N)=N/N=C(\C=C\c1c(-c2ccccc2)[nH]c2ccccc12)c1ccccc1. The Morgan fingerprint density at radius 1 is 0.459 bits per heavy atom. The van der Waals surface area contributed by atoms with E-state index in [2.05, 4.69) is 78.9 Å². The number of hydrogen-bond acceptors (Lipinski definition) is 6. The van der Waals surface area contributed by atoms with Gasteiger partial charge >= 0.3 is 8.56 Å².